The summed E-state index contributed by atoms with van der Waals surface area (Å²) >= 11 is 2.12. The molecule has 1 saturated heterocycles. The third-order valence-electron chi connectivity index (χ3n) is 3.31. The zero-order chi connectivity index (χ0) is 10.9. The fraction of sp³-hybridized carbons (Fsp3) is 1.00. The molecule has 15 heavy (non-hydrogen) atoms. The highest BCUT2D eigenvalue weighted by molar-refractivity contribution is 8.00. The van der Waals surface area contributed by atoms with Crippen LogP contribution in [0.2, 0.25) is 0 Å². The third kappa shape index (κ3) is 5.82. The van der Waals surface area contributed by atoms with E-state index in [9.17, 15) is 0 Å². The van der Waals surface area contributed by atoms with Gasteiger partial charge in [-0.15, -0.1) is 0 Å². The molecular weight excluding hydrogens is 202 g/mol. The second-order valence-corrected chi connectivity index (χ2v) is 6.18. The molecule has 2 atom stereocenters. The van der Waals surface area contributed by atoms with Gasteiger partial charge in [-0.1, -0.05) is 46.0 Å². The summed E-state index contributed by atoms with van der Waals surface area (Å²) in [6.45, 7) is 5.87. The summed E-state index contributed by atoms with van der Waals surface area (Å²) in [6.07, 6.45) is 9.82. The van der Waals surface area contributed by atoms with Crippen molar-refractivity contribution in [3.63, 3.8) is 0 Å². The van der Waals surface area contributed by atoms with Crippen LogP contribution in [0, 0.1) is 0 Å². The molecule has 1 aliphatic rings. The Bertz CT molecular complexity index is 149. The van der Waals surface area contributed by atoms with E-state index < -0.39 is 0 Å². The average molecular weight is 229 g/mol. The first-order chi connectivity index (χ1) is 7.34. The molecule has 0 bridgehead atoms. The molecule has 0 spiro atoms. The number of unbranched alkanes of at least 4 members (excludes halogenated alkanes) is 5. The quantitative estimate of drug-likeness (QED) is 0.635. The van der Waals surface area contributed by atoms with Crippen LogP contribution in [-0.4, -0.2) is 23.6 Å². The van der Waals surface area contributed by atoms with Crippen molar-refractivity contribution in [2.45, 2.75) is 70.1 Å². The smallest absolute Gasteiger partial charge is 0.0191 e. The first kappa shape index (κ1) is 13.4. The highest BCUT2D eigenvalue weighted by Crippen LogP contribution is 2.25. The summed E-state index contributed by atoms with van der Waals surface area (Å²) in [6, 6.07) is 0.797. The van der Waals surface area contributed by atoms with Gasteiger partial charge in [0.05, 0.1) is 0 Å². The first-order valence-electron chi connectivity index (χ1n) is 6.69. The molecule has 0 aromatic rings. The lowest BCUT2D eigenvalue weighted by molar-refractivity contribution is 0.489. The van der Waals surface area contributed by atoms with Crippen LogP contribution in [0.5, 0.6) is 0 Å². The van der Waals surface area contributed by atoms with E-state index in [1.807, 2.05) is 0 Å². The molecule has 0 aromatic heterocycles. The van der Waals surface area contributed by atoms with Crippen molar-refractivity contribution >= 4 is 11.8 Å². The topological polar surface area (TPSA) is 12.0 Å². The van der Waals surface area contributed by atoms with E-state index in [4.69, 9.17) is 0 Å². The van der Waals surface area contributed by atoms with Gasteiger partial charge in [-0.2, -0.15) is 11.8 Å². The third-order valence-corrected chi connectivity index (χ3v) is 4.64. The van der Waals surface area contributed by atoms with Crippen LogP contribution in [0.1, 0.15) is 58.8 Å². The van der Waals surface area contributed by atoms with Gasteiger partial charge in [0.15, 0.2) is 0 Å². The van der Waals surface area contributed by atoms with Gasteiger partial charge in [0.1, 0.15) is 0 Å². The maximum atomic E-state index is 3.70. The van der Waals surface area contributed by atoms with Crippen LogP contribution in [-0.2, 0) is 0 Å². The lowest BCUT2D eigenvalue weighted by atomic mass is 10.1. The van der Waals surface area contributed by atoms with E-state index in [1.165, 1.54) is 57.2 Å². The van der Waals surface area contributed by atoms with Crippen molar-refractivity contribution in [2.24, 2.45) is 0 Å². The molecule has 1 fully saturated rings. The van der Waals surface area contributed by atoms with Crippen molar-refractivity contribution in [1.82, 2.24) is 5.32 Å². The zero-order valence-corrected chi connectivity index (χ0v) is 11.2. The minimum absolute atomic E-state index is 0.797. The van der Waals surface area contributed by atoms with Crippen LogP contribution in [0.3, 0.4) is 0 Å². The van der Waals surface area contributed by atoms with Crippen LogP contribution in [0.4, 0.5) is 0 Å². The standard InChI is InChI=1S/C13H27NS/c1-3-4-5-6-7-8-10-14-13-9-11-15-12(13)2/h12-14H,3-11H2,1-2H3. The number of hydrogen-bond acceptors (Lipinski definition) is 2. The van der Waals surface area contributed by atoms with Gasteiger partial charge in [0.25, 0.3) is 0 Å². The minimum atomic E-state index is 0.797. The number of nitrogens with one attached hydrogen (secondary N) is 1. The molecule has 2 unspecified atom stereocenters. The molecular formula is C13H27NS. The van der Waals surface area contributed by atoms with E-state index in [1.54, 1.807) is 0 Å². The fourth-order valence-electron chi connectivity index (χ4n) is 2.19. The van der Waals surface area contributed by atoms with E-state index in [0.29, 0.717) is 0 Å². The summed E-state index contributed by atoms with van der Waals surface area (Å²) in [4.78, 5) is 0. The van der Waals surface area contributed by atoms with Crippen molar-refractivity contribution < 1.29 is 0 Å². The van der Waals surface area contributed by atoms with Gasteiger partial charge in [0.2, 0.25) is 0 Å². The van der Waals surface area contributed by atoms with Gasteiger partial charge < -0.3 is 5.32 Å². The predicted octanol–water partition coefficient (Wildman–Crippen LogP) is 3.83. The van der Waals surface area contributed by atoms with Gasteiger partial charge >= 0.3 is 0 Å². The Morgan fingerprint density at radius 1 is 1.13 bits per heavy atom. The molecule has 0 aliphatic carbocycles. The van der Waals surface area contributed by atoms with Crippen LogP contribution < -0.4 is 5.32 Å². The maximum Gasteiger partial charge on any atom is 0.0191 e. The molecule has 0 amide bonds. The van der Waals surface area contributed by atoms with Crippen LogP contribution >= 0.6 is 11.8 Å². The highest BCUT2D eigenvalue weighted by Gasteiger charge is 2.22. The lowest BCUT2D eigenvalue weighted by Crippen LogP contribution is -2.33. The average Bonchev–Trinajstić information content (AvgIpc) is 2.63. The van der Waals surface area contributed by atoms with Crippen molar-refractivity contribution in [3.8, 4) is 0 Å². The summed E-state index contributed by atoms with van der Waals surface area (Å²) in [7, 11) is 0. The second-order valence-electron chi connectivity index (χ2n) is 4.69. The molecule has 1 rings (SSSR count). The second kappa shape index (κ2) is 8.46. The molecule has 2 heteroatoms. The van der Waals surface area contributed by atoms with E-state index in [-0.39, 0.29) is 0 Å². The van der Waals surface area contributed by atoms with E-state index >= 15 is 0 Å². The summed E-state index contributed by atoms with van der Waals surface area (Å²) in [5.41, 5.74) is 0. The highest BCUT2D eigenvalue weighted by atomic mass is 32.2. The van der Waals surface area contributed by atoms with Gasteiger partial charge in [-0.05, 0) is 25.1 Å². The molecule has 1 heterocycles. The van der Waals surface area contributed by atoms with Crippen molar-refractivity contribution in [3.05, 3.63) is 0 Å². The molecule has 0 aromatic carbocycles. The SMILES string of the molecule is CCCCCCCCNC1CCSC1C. The fourth-order valence-corrected chi connectivity index (χ4v) is 3.42. The summed E-state index contributed by atoms with van der Waals surface area (Å²) in [5, 5.41) is 4.54. The summed E-state index contributed by atoms with van der Waals surface area (Å²) < 4.78 is 0. The molecule has 1 aliphatic heterocycles. The van der Waals surface area contributed by atoms with Crippen molar-refractivity contribution in [2.75, 3.05) is 12.3 Å². The van der Waals surface area contributed by atoms with Crippen molar-refractivity contribution in [1.29, 1.82) is 0 Å². The molecule has 90 valence electrons. The predicted molar refractivity (Wildman–Crippen MR) is 71.7 cm³/mol. The van der Waals surface area contributed by atoms with Gasteiger partial charge in [-0.3, -0.25) is 0 Å². The molecule has 1 N–H and O–H groups in total. The number of rotatable bonds is 8. The van der Waals surface area contributed by atoms with Crippen LogP contribution in [0.25, 0.3) is 0 Å². The van der Waals surface area contributed by atoms with Crippen LogP contribution in [0.15, 0.2) is 0 Å². The monoisotopic (exact) mass is 229 g/mol. The normalized spacial score (nSPS) is 26.0. The Morgan fingerprint density at radius 3 is 2.53 bits per heavy atom. The molecule has 1 nitrogen and oxygen atoms in total. The lowest BCUT2D eigenvalue weighted by Gasteiger charge is -2.16. The Balaban J connectivity index is 1.84. The minimum Gasteiger partial charge on any atom is -0.313 e. The Hall–Kier alpha value is 0.310. The zero-order valence-electron chi connectivity index (χ0n) is 10.4. The van der Waals surface area contributed by atoms with Gasteiger partial charge in [-0.25, -0.2) is 0 Å². The van der Waals surface area contributed by atoms with E-state index in [2.05, 4.69) is 30.9 Å². The number of thioether (sulfide) groups is 1. The first-order valence-corrected chi connectivity index (χ1v) is 7.74. The maximum absolute atomic E-state index is 3.70. The molecule has 0 radical (unpaired) electrons. The Kier molecular flexibility index (Phi) is 7.54. The van der Waals surface area contributed by atoms with E-state index in [0.717, 1.165) is 11.3 Å². The Labute approximate surface area is 99.8 Å². The largest absolute Gasteiger partial charge is 0.313 e. The Morgan fingerprint density at radius 2 is 1.87 bits per heavy atom. The summed E-state index contributed by atoms with van der Waals surface area (Å²) in [5.74, 6) is 1.36. The van der Waals surface area contributed by atoms with Gasteiger partial charge in [0, 0.05) is 11.3 Å². The number of hydrogen-bond donors (Lipinski definition) is 1. The molecule has 0 saturated carbocycles.